The van der Waals surface area contributed by atoms with E-state index in [1.807, 2.05) is 0 Å². The van der Waals surface area contributed by atoms with Gasteiger partial charge >= 0.3 is 23.9 Å². The van der Waals surface area contributed by atoms with E-state index in [1.165, 1.54) is 27.7 Å². The molecule has 0 amide bonds. The molecular weight excluding hydrogens is 392 g/mol. The summed E-state index contributed by atoms with van der Waals surface area (Å²) >= 11 is 0. The lowest BCUT2D eigenvalue weighted by molar-refractivity contribution is -0.206. The van der Waals surface area contributed by atoms with Gasteiger partial charge in [-0.25, -0.2) is 19.2 Å². The molecule has 0 heterocycles. The molecule has 0 radical (unpaired) electrons. The third-order valence-electron chi connectivity index (χ3n) is 4.19. The molecule has 8 nitrogen and oxygen atoms in total. The van der Waals surface area contributed by atoms with Gasteiger partial charge in [0, 0.05) is 22.3 Å². The van der Waals surface area contributed by atoms with Gasteiger partial charge in [-0.3, -0.25) is 0 Å². The zero-order chi connectivity index (χ0) is 23.2. The maximum absolute atomic E-state index is 12.2. The quantitative estimate of drug-likeness (QED) is 0.335. The van der Waals surface area contributed by atoms with Gasteiger partial charge in [-0.1, -0.05) is 26.3 Å². The van der Waals surface area contributed by atoms with Gasteiger partial charge < -0.3 is 18.9 Å². The average molecular weight is 420 g/mol. The number of hydrogen-bond donors (Lipinski definition) is 0. The molecule has 0 aromatic heterocycles. The molecule has 0 aromatic carbocycles. The zero-order valence-electron chi connectivity index (χ0n) is 17.8. The van der Waals surface area contributed by atoms with E-state index < -0.39 is 48.3 Å². The molecule has 1 saturated carbocycles. The van der Waals surface area contributed by atoms with Crippen molar-refractivity contribution in [3.63, 3.8) is 0 Å². The van der Waals surface area contributed by atoms with E-state index in [4.69, 9.17) is 18.9 Å². The maximum atomic E-state index is 12.2. The Labute approximate surface area is 176 Å². The van der Waals surface area contributed by atoms with Crippen LogP contribution in [0.4, 0.5) is 0 Å². The van der Waals surface area contributed by atoms with Crippen LogP contribution < -0.4 is 0 Å². The summed E-state index contributed by atoms with van der Waals surface area (Å²) in [5.74, 6) is -2.95. The first-order valence-electron chi connectivity index (χ1n) is 9.31. The maximum Gasteiger partial charge on any atom is 0.333 e. The summed E-state index contributed by atoms with van der Waals surface area (Å²) in [6.45, 7) is 19.9. The third kappa shape index (κ3) is 6.72. The second kappa shape index (κ2) is 10.6. The zero-order valence-corrected chi connectivity index (χ0v) is 17.8. The number of carbonyl (C=O) groups excluding carboxylic acids is 4. The Bertz CT molecular complexity index is 725. The van der Waals surface area contributed by atoms with E-state index in [9.17, 15) is 19.2 Å². The van der Waals surface area contributed by atoms with Crippen molar-refractivity contribution >= 4 is 23.9 Å². The highest BCUT2D eigenvalue weighted by Crippen LogP contribution is 2.31. The largest absolute Gasteiger partial charge is 0.455 e. The molecule has 1 fully saturated rings. The summed E-state index contributed by atoms with van der Waals surface area (Å²) in [6, 6.07) is 0. The fourth-order valence-electron chi connectivity index (χ4n) is 2.54. The summed E-state index contributed by atoms with van der Waals surface area (Å²) in [4.78, 5) is 48.6. The van der Waals surface area contributed by atoms with Crippen LogP contribution in [0.3, 0.4) is 0 Å². The lowest BCUT2D eigenvalue weighted by Gasteiger charge is -2.40. The Kier molecular flexibility index (Phi) is 8.76. The van der Waals surface area contributed by atoms with Gasteiger partial charge in [0.05, 0.1) is 0 Å². The summed E-state index contributed by atoms with van der Waals surface area (Å²) in [5, 5.41) is 0. The lowest BCUT2D eigenvalue weighted by Crippen LogP contribution is -2.55. The van der Waals surface area contributed by atoms with Crippen molar-refractivity contribution in [2.45, 2.75) is 65.0 Å². The fraction of sp³-hybridized carbons (Fsp3) is 0.455. The van der Waals surface area contributed by atoms with Crippen LogP contribution in [-0.2, 0) is 38.1 Å². The molecule has 0 bridgehead atoms. The van der Waals surface area contributed by atoms with Crippen LogP contribution in [-0.4, -0.2) is 48.3 Å². The molecule has 8 heteroatoms. The fourth-order valence-corrected chi connectivity index (χ4v) is 2.54. The van der Waals surface area contributed by atoms with Crippen LogP contribution in [0.5, 0.6) is 0 Å². The molecule has 0 N–H and O–H groups in total. The lowest BCUT2D eigenvalue weighted by atomic mass is 9.88. The normalized spacial score (nSPS) is 22.8. The highest BCUT2D eigenvalue weighted by molar-refractivity contribution is 5.89. The second-order valence-electron chi connectivity index (χ2n) is 7.33. The van der Waals surface area contributed by atoms with Gasteiger partial charge in [0.1, 0.15) is 12.2 Å². The minimum absolute atomic E-state index is 0.0889. The molecule has 164 valence electrons. The van der Waals surface area contributed by atoms with Crippen LogP contribution >= 0.6 is 0 Å². The molecule has 0 aliphatic heterocycles. The number of rotatable bonds is 8. The molecule has 1 rings (SSSR count). The van der Waals surface area contributed by atoms with Crippen molar-refractivity contribution in [3.05, 3.63) is 48.6 Å². The molecule has 0 aromatic rings. The number of hydrogen-bond acceptors (Lipinski definition) is 8. The van der Waals surface area contributed by atoms with Gasteiger partial charge in [-0.2, -0.15) is 0 Å². The van der Waals surface area contributed by atoms with Gasteiger partial charge in [-0.05, 0) is 40.5 Å². The highest BCUT2D eigenvalue weighted by Gasteiger charge is 2.48. The van der Waals surface area contributed by atoms with E-state index in [0.29, 0.717) is 0 Å². The Morgan fingerprint density at radius 1 is 0.533 bits per heavy atom. The Balaban J connectivity index is 3.32. The van der Waals surface area contributed by atoms with Gasteiger partial charge in [0.25, 0.3) is 0 Å². The van der Waals surface area contributed by atoms with E-state index in [1.54, 1.807) is 0 Å². The predicted molar refractivity (Wildman–Crippen MR) is 108 cm³/mol. The summed E-state index contributed by atoms with van der Waals surface area (Å²) in [6.07, 6.45) is -4.03. The number of carbonyl (C=O) groups is 4. The smallest absolute Gasteiger partial charge is 0.333 e. The topological polar surface area (TPSA) is 105 Å². The number of ether oxygens (including phenoxy) is 4. The Hall–Kier alpha value is -3.16. The van der Waals surface area contributed by atoms with Crippen LogP contribution in [0.1, 0.15) is 40.5 Å². The van der Waals surface area contributed by atoms with Crippen LogP contribution in [0.15, 0.2) is 48.6 Å². The highest BCUT2D eigenvalue weighted by atomic mass is 16.6. The number of esters is 4. The molecule has 1 aliphatic carbocycles. The minimum Gasteiger partial charge on any atom is -0.455 e. The van der Waals surface area contributed by atoms with E-state index >= 15 is 0 Å². The first-order valence-corrected chi connectivity index (χ1v) is 9.31. The van der Waals surface area contributed by atoms with Crippen LogP contribution in [0.2, 0.25) is 0 Å². The SMILES string of the molecule is C=C(C)C(=O)OC1CC[C@@H](OC(=O)C(=C)C)[C@@H](OC(=O)C(=C)C)[C@@H]1OC(=O)C(=C)C. The van der Waals surface area contributed by atoms with Crippen LogP contribution in [0, 0.1) is 0 Å². The Morgan fingerprint density at radius 2 is 0.767 bits per heavy atom. The molecular formula is C22H28O8. The molecule has 0 spiro atoms. The summed E-state index contributed by atoms with van der Waals surface area (Å²) in [7, 11) is 0. The molecule has 4 atom stereocenters. The van der Waals surface area contributed by atoms with Crippen LogP contribution in [0.25, 0.3) is 0 Å². The van der Waals surface area contributed by atoms with Crippen molar-refractivity contribution in [1.82, 2.24) is 0 Å². The second-order valence-corrected chi connectivity index (χ2v) is 7.33. The van der Waals surface area contributed by atoms with E-state index in [-0.39, 0.29) is 35.1 Å². The van der Waals surface area contributed by atoms with E-state index in [2.05, 4.69) is 26.3 Å². The van der Waals surface area contributed by atoms with Crippen molar-refractivity contribution in [2.75, 3.05) is 0 Å². The van der Waals surface area contributed by atoms with Gasteiger partial charge in [-0.15, -0.1) is 0 Å². The first-order chi connectivity index (χ1) is 13.8. The molecule has 1 aliphatic rings. The summed E-state index contributed by atoms with van der Waals surface area (Å²) in [5.41, 5.74) is 0.467. The molecule has 0 saturated heterocycles. The minimum atomic E-state index is -1.24. The van der Waals surface area contributed by atoms with Gasteiger partial charge in [0.2, 0.25) is 0 Å². The predicted octanol–water partition coefficient (Wildman–Crippen LogP) is 2.73. The van der Waals surface area contributed by atoms with E-state index in [0.717, 1.165) is 0 Å². The third-order valence-corrected chi connectivity index (χ3v) is 4.19. The van der Waals surface area contributed by atoms with Crippen molar-refractivity contribution < 1.29 is 38.1 Å². The van der Waals surface area contributed by atoms with Crippen molar-refractivity contribution in [2.24, 2.45) is 0 Å². The molecule has 1 unspecified atom stereocenters. The monoisotopic (exact) mass is 420 g/mol. The van der Waals surface area contributed by atoms with Gasteiger partial charge in [0.15, 0.2) is 12.2 Å². The average Bonchev–Trinajstić information content (AvgIpc) is 2.64. The van der Waals surface area contributed by atoms with Crippen molar-refractivity contribution in [3.8, 4) is 0 Å². The Morgan fingerprint density at radius 3 is 1.00 bits per heavy atom. The standard InChI is InChI=1S/C22H28O8/c1-11(2)19(23)27-15-9-10-16(28-20(24)12(3)4)18(30-22(26)14(7)8)17(15)29-21(25)13(5)6/h15-18H,1,3,5,7,9-10H2,2,4,6,8H3/t15-,16?,17-,18-/m1/s1. The van der Waals surface area contributed by atoms with Crippen molar-refractivity contribution in [1.29, 1.82) is 0 Å². The summed E-state index contributed by atoms with van der Waals surface area (Å²) < 4.78 is 21.7. The molecule has 30 heavy (non-hydrogen) atoms. The first kappa shape index (κ1) is 24.9.